The first-order valence-corrected chi connectivity index (χ1v) is 15.5. The van der Waals surface area contributed by atoms with Crippen LogP contribution in [0.15, 0.2) is 34.4 Å². The molecule has 2 N–H and O–H groups in total. The maximum Gasteiger partial charge on any atom is 0.309 e. The molecule has 0 unspecified atom stereocenters. The molecule has 2 aromatic heterocycles. The van der Waals surface area contributed by atoms with Gasteiger partial charge in [-0.25, -0.2) is 9.97 Å². The number of hydrogen-bond donors (Lipinski definition) is 2. The monoisotopic (exact) mass is 565 g/mol. The van der Waals surface area contributed by atoms with Crippen molar-refractivity contribution in [2.24, 2.45) is 0 Å². The number of carbonyl (C=O) groups excluding carboxylic acids is 1. The summed E-state index contributed by atoms with van der Waals surface area (Å²) in [6.45, 7) is 4.42. The van der Waals surface area contributed by atoms with E-state index in [4.69, 9.17) is 5.11 Å². The molecule has 1 saturated carbocycles. The Hall–Kier alpha value is -3.11. The van der Waals surface area contributed by atoms with Gasteiger partial charge < -0.3 is 9.67 Å². The predicted octanol–water partition coefficient (Wildman–Crippen LogP) is 5.65. The Balaban J connectivity index is 1.41. The normalized spacial score (nSPS) is 21.6. The average molecular weight is 566 g/mol. The number of para-hydroxylation sites is 2. The fraction of sp³-hybridized carbons (Fsp3) is 0.567. The second-order valence-corrected chi connectivity index (χ2v) is 12.3. The number of amides is 1. The smallest absolute Gasteiger partial charge is 0.309 e. The number of nitrogens with zero attached hydrogens (tertiary/aromatic N) is 4. The molecule has 10 heteroatoms. The second-order valence-electron chi connectivity index (χ2n) is 11.4. The predicted molar refractivity (Wildman–Crippen MR) is 157 cm³/mol. The van der Waals surface area contributed by atoms with Gasteiger partial charge in [0.15, 0.2) is 10.8 Å². The molecule has 0 radical (unpaired) electrons. The molecule has 2 fully saturated rings. The van der Waals surface area contributed by atoms with E-state index in [0.717, 1.165) is 29.7 Å². The van der Waals surface area contributed by atoms with E-state index in [0.29, 0.717) is 29.3 Å². The van der Waals surface area contributed by atoms with Crippen LogP contribution in [0.4, 0.5) is 5.13 Å². The topological polar surface area (TPSA) is 117 Å². The maximum atomic E-state index is 13.8. The largest absolute Gasteiger partial charge is 0.481 e. The third-order valence-electron chi connectivity index (χ3n) is 8.51. The van der Waals surface area contributed by atoms with E-state index < -0.39 is 17.4 Å². The van der Waals surface area contributed by atoms with E-state index in [1.54, 1.807) is 9.95 Å². The molecule has 3 aromatic rings. The van der Waals surface area contributed by atoms with E-state index in [2.05, 4.69) is 34.0 Å². The third-order valence-corrected chi connectivity index (χ3v) is 9.32. The van der Waals surface area contributed by atoms with Gasteiger partial charge in [-0.05, 0) is 58.1 Å². The van der Waals surface area contributed by atoms with Crippen LogP contribution in [0.3, 0.4) is 0 Å². The van der Waals surface area contributed by atoms with Crippen molar-refractivity contribution in [2.45, 2.75) is 109 Å². The van der Waals surface area contributed by atoms with Gasteiger partial charge in [-0.1, -0.05) is 44.2 Å². The SMILES string of the molecule is C[C@H]1CC[C@@H](C[C@H](C)n2c(=O)c(C(=O)Nc3nc(CC(=O)O)cs3)nc3ccccc32)N1C1CCCCCCC1. The summed E-state index contributed by atoms with van der Waals surface area (Å²) < 4.78 is 1.74. The van der Waals surface area contributed by atoms with Crippen LogP contribution in [0.2, 0.25) is 0 Å². The van der Waals surface area contributed by atoms with Gasteiger partial charge in [-0.2, -0.15) is 0 Å². The van der Waals surface area contributed by atoms with Crippen molar-refractivity contribution in [1.29, 1.82) is 0 Å². The average Bonchev–Trinajstić information content (AvgIpc) is 3.48. The highest BCUT2D eigenvalue weighted by Crippen LogP contribution is 2.36. The van der Waals surface area contributed by atoms with Gasteiger partial charge >= 0.3 is 5.97 Å². The summed E-state index contributed by atoms with van der Waals surface area (Å²) in [7, 11) is 0. The number of rotatable bonds is 8. The minimum absolute atomic E-state index is 0.125. The van der Waals surface area contributed by atoms with Crippen LogP contribution >= 0.6 is 11.3 Å². The number of hydrogen-bond acceptors (Lipinski definition) is 7. The molecule has 2 aliphatic rings. The second kappa shape index (κ2) is 12.6. The molecule has 1 amide bonds. The molecule has 0 bridgehead atoms. The molecule has 9 nitrogen and oxygen atoms in total. The lowest BCUT2D eigenvalue weighted by Gasteiger charge is -2.38. The molecule has 5 rings (SSSR count). The highest BCUT2D eigenvalue weighted by atomic mass is 32.1. The van der Waals surface area contributed by atoms with Gasteiger partial charge in [0, 0.05) is 29.5 Å². The Kier molecular flexibility index (Phi) is 8.95. The van der Waals surface area contributed by atoms with Crippen molar-refractivity contribution >= 4 is 39.4 Å². The lowest BCUT2D eigenvalue weighted by molar-refractivity contribution is -0.136. The minimum atomic E-state index is -0.999. The molecule has 3 heterocycles. The van der Waals surface area contributed by atoms with E-state index in [1.165, 1.54) is 51.4 Å². The van der Waals surface area contributed by atoms with Gasteiger partial charge in [-0.15, -0.1) is 11.3 Å². The van der Waals surface area contributed by atoms with Gasteiger partial charge in [0.25, 0.3) is 11.5 Å². The van der Waals surface area contributed by atoms with Crippen LogP contribution in [-0.2, 0) is 11.2 Å². The van der Waals surface area contributed by atoms with Crippen molar-refractivity contribution < 1.29 is 14.7 Å². The van der Waals surface area contributed by atoms with Crippen molar-refractivity contribution in [1.82, 2.24) is 19.4 Å². The van der Waals surface area contributed by atoms with Crippen LogP contribution in [0.5, 0.6) is 0 Å². The fourth-order valence-corrected chi connectivity index (χ4v) is 7.42. The molecular formula is C30H39N5O4S. The van der Waals surface area contributed by atoms with Crippen LogP contribution in [0.25, 0.3) is 11.0 Å². The number of carbonyl (C=O) groups is 2. The lowest BCUT2D eigenvalue weighted by Crippen LogP contribution is -2.44. The Morgan fingerprint density at radius 2 is 1.80 bits per heavy atom. The highest BCUT2D eigenvalue weighted by molar-refractivity contribution is 7.14. The number of fused-ring (bicyclic) bond motifs is 1. The van der Waals surface area contributed by atoms with Gasteiger partial charge in [0.1, 0.15) is 0 Å². The quantitative estimate of drug-likeness (QED) is 0.362. The number of carboxylic acids is 1. The first kappa shape index (κ1) is 28.4. The number of anilines is 1. The molecular weight excluding hydrogens is 526 g/mol. The molecule has 40 heavy (non-hydrogen) atoms. The number of thiazole rings is 1. The summed E-state index contributed by atoms with van der Waals surface area (Å²) in [6.07, 6.45) is 12.0. The highest BCUT2D eigenvalue weighted by Gasteiger charge is 2.37. The van der Waals surface area contributed by atoms with Crippen LogP contribution < -0.4 is 10.9 Å². The van der Waals surface area contributed by atoms with E-state index in [9.17, 15) is 14.4 Å². The van der Waals surface area contributed by atoms with Crippen molar-refractivity contribution in [3.63, 3.8) is 0 Å². The molecule has 0 spiro atoms. The number of likely N-dealkylation sites (tertiary alicyclic amines) is 1. The van der Waals surface area contributed by atoms with E-state index in [-0.39, 0.29) is 23.3 Å². The summed E-state index contributed by atoms with van der Waals surface area (Å²) in [5.74, 6) is -1.64. The zero-order valence-corrected chi connectivity index (χ0v) is 24.2. The number of nitrogens with one attached hydrogen (secondary N) is 1. The Morgan fingerprint density at radius 3 is 2.55 bits per heavy atom. The van der Waals surface area contributed by atoms with Crippen molar-refractivity contribution in [3.8, 4) is 0 Å². The first-order valence-electron chi connectivity index (χ1n) is 14.6. The van der Waals surface area contributed by atoms with Gasteiger partial charge in [0.2, 0.25) is 0 Å². The summed E-state index contributed by atoms with van der Waals surface area (Å²) in [6, 6.07) is 8.87. The number of benzene rings is 1. The van der Waals surface area contributed by atoms with Gasteiger partial charge in [0.05, 0.1) is 23.1 Å². The van der Waals surface area contributed by atoms with E-state index >= 15 is 0 Å². The third kappa shape index (κ3) is 6.28. The van der Waals surface area contributed by atoms with Gasteiger partial charge in [-0.3, -0.25) is 24.6 Å². The summed E-state index contributed by atoms with van der Waals surface area (Å²) in [5.41, 5.74) is 1.05. The summed E-state index contributed by atoms with van der Waals surface area (Å²) in [5, 5.41) is 13.5. The van der Waals surface area contributed by atoms with Crippen LogP contribution in [0.1, 0.15) is 100 Å². The Labute approximate surface area is 238 Å². The Bertz CT molecular complexity index is 1410. The number of carboxylic acid groups (broad SMARTS) is 1. The fourth-order valence-electron chi connectivity index (χ4n) is 6.72. The number of aliphatic carboxylic acids is 1. The van der Waals surface area contributed by atoms with Crippen LogP contribution in [0, 0.1) is 0 Å². The minimum Gasteiger partial charge on any atom is -0.481 e. The summed E-state index contributed by atoms with van der Waals surface area (Å²) >= 11 is 1.12. The molecule has 214 valence electrons. The Morgan fingerprint density at radius 1 is 1.07 bits per heavy atom. The molecule has 1 saturated heterocycles. The maximum absolute atomic E-state index is 13.8. The van der Waals surface area contributed by atoms with Crippen molar-refractivity contribution in [3.05, 3.63) is 51.4 Å². The first-order chi connectivity index (χ1) is 19.3. The summed E-state index contributed by atoms with van der Waals surface area (Å²) in [4.78, 5) is 49.5. The standard InChI is InChI=1S/C30H39N5O4S/c1-19-14-15-23(34(19)22-10-6-4-3-5-7-11-22)16-20(2)35-25-13-9-8-12-24(25)32-27(29(35)39)28(38)33-30-31-21(18-40-30)17-26(36)37/h8-9,12-13,18-20,22-23H,3-7,10-11,14-17H2,1-2H3,(H,36,37)(H,31,33,38)/t19-,20-,23-/m0/s1. The van der Waals surface area contributed by atoms with E-state index in [1.807, 2.05) is 24.3 Å². The zero-order chi connectivity index (χ0) is 28.2. The molecule has 3 atom stereocenters. The molecule has 1 aliphatic carbocycles. The molecule has 1 aliphatic heterocycles. The van der Waals surface area contributed by atoms with Crippen LogP contribution in [-0.4, -0.2) is 54.5 Å². The molecule has 1 aromatic carbocycles. The number of aromatic nitrogens is 3. The van der Waals surface area contributed by atoms with Crippen molar-refractivity contribution in [2.75, 3.05) is 5.32 Å². The zero-order valence-electron chi connectivity index (χ0n) is 23.3. The lowest BCUT2D eigenvalue weighted by atomic mass is 9.94.